The number of alkyl halides is 3. The van der Waals surface area contributed by atoms with Crippen LogP contribution in [0.4, 0.5) is 28.9 Å². The lowest BCUT2D eigenvalue weighted by atomic mass is 10.2. The van der Waals surface area contributed by atoms with E-state index in [2.05, 4.69) is 15.6 Å². The van der Waals surface area contributed by atoms with Gasteiger partial charge < -0.3 is 10.6 Å². The van der Waals surface area contributed by atoms with Crippen LogP contribution in [-0.4, -0.2) is 22.2 Å². The van der Waals surface area contributed by atoms with Crippen LogP contribution in [0.15, 0.2) is 53.5 Å². The summed E-state index contributed by atoms with van der Waals surface area (Å²) >= 11 is 0.843. The molecule has 10 heteroatoms. The van der Waals surface area contributed by atoms with Crippen molar-refractivity contribution in [2.75, 3.05) is 5.32 Å². The quantitative estimate of drug-likeness (QED) is 0.745. The third-order valence-electron chi connectivity index (χ3n) is 3.73. The molecular weight excluding hydrogens is 398 g/mol. The van der Waals surface area contributed by atoms with Gasteiger partial charge in [0.05, 0.1) is 16.9 Å². The second kappa shape index (κ2) is 8.01. The second-order valence-electron chi connectivity index (χ2n) is 5.76. The van der Waals surface area contributed by atoms with Gasteiger partial charge in [-0.15, -0.1) is 0 Å². The molecule has 0 unspecified atom stereocenters. The normalized spacial score (nSPS) is 18.2. The van der Waals surface area contributed by atoms with Gasteiger partial charge in [0.15, 0.2) is 5.17 Å². The smallest absolute Gasteiger partial charge is 0.324 e. The minimum atomic E-state index is -4.59. The van der Waals surface area contributed by atoms with Crippen LogP contribution < -0.4 is 10.6 Å². The maximum absolute atomic E-state index is 13.6. The van der Waals surface area contributed by atoms with Gasteiger partial charge in [0, 0.05) is 6.42 Å². The van der Waals surface area contributed by atoms with E-state index in [1.165, 1.54) is 36.4 Å². The zero-order valence-corrected chi connectivity index (χ0v) is 14.9. The predicted octanol–water partition coefficient (Wildman–Crippen LogP) is 4.09. The Labute approximate surface area is 161 Å². The number of anilines is 1. The van der Waals surface area contributed by atoms with Crippen molar-refractivity contribution < 1.29 is 27.2 Å². The van der Waals surface area contributed by atoms with Gasteiger partial charge >= 0.3 is 6.18 Å². The number of benzene rings is 2. The highest BCUT2D eigenvalue weighted by atomic mass is 32.2. The van der Waals surface area contributed by atoms with Crippen molar-refractivity contribution in [1.29, 1.82) is 0 Å². The summed E-state index contributed by atoms with van der Waals surface area (Å²) in [6.07, 6.45) is -4.88. The molecule has 1 fully saturated rings. The first kappa shape index (κ1) is 19.9. The van der Waals surface area contributed by atoms with Crippen molar-refractivity contribution in [3.8, 4) is 0 Å². The van der Waals surface area contributed by atoms with Crippen molar-refractivity contribution in [1.82, 2.24) is 5.32 Å². The van der Waals surface area contributed by atoms with Crippen LogP contribution in [0.1, 0.15) is 12.0 Å². The van der Waals surface area contributed by atoms with Crippen molar-refractivity contribution in [2.24, 2.45) is 4.99 Å². The maximum atomic E-state index is 13.6. The minimum absolute atomic E-state index is 0.0242. The topological polar surface area (TPSA) is 70.6 Å². The first-order chi connectivity index (χ1) is 13.2. The third-order valence-corrected chi connectivity index (χ3v) is 4.81. The van der Waals surface area contributed by atoms with E-state index in [-0.39, 0.29) is 23.0 Å². The summed E-state index contributed by atoms with van der Waals surface area (Å²) in [6.45, 7) is 0. The molecule has 0 spiro atoms. The number of nitrogens with one attached hydrogen (secondary N) is 2. The van der Waals surface area contributed by atoms with E-state index in [0.717, 1.165) is 17.8 Å². The summed E-state index contributed by atoms with van der Waals surface area (Å²) in [5.41, 5.74) is -1.30. The van der Waals surface area contributed by atoms with Crippen LogP contribution in [0.25, 0.3) is 0 Å². The highest BCUT2D eigenvalue weighted by Crippen LogP contribution is 2.37. The van der Waals surface area contributed by atoms with Crippen LogP contribution in [-0.2, 0) is 15.8 Å². The Morgan fingerprint density at radius 1 is 1.14 bits per heavy atom. The number of thioether (sulfide) groups is 1. The van der Waals surface area contributed by atoms with E-state index in [1.54, 1.807) is 6.07 Å². The molecule has 2 amide bonds. The largest absolute Gasteiger partial charge is 0.418 e. The van der Waals surface area contributed by atoms with Gasteiger partial charge in [-0.1, -0.05) is 36.0 Å². The Balaban J connectivity index is 1.70. The number of amidine groups is 1. The fourth-order valence-electron chi connectivity index (χ4n) is 2.44. The fourth-order valence-corrected chi connectivity index (χ4v) is 3.43. The molecular formula is C18H13F4N3O2S. The monoisotopic (exact) mass is 411 g/mol. The second-order valence-corrected chi connectivity index (χ2v) is 6.95. The lowest BCUT2D eigenvalue weighted by Gasteiger charge is -2.09. The Hall–Kier alpha value is -2.88. The number of carbonyl (C=O) groups excluding carboxylic acids is 2. The molecule has 0 saturated carbocycles. The average molecular weight is 411 g/mol. The molecule has 2 N–H and O–H groups in total. The highest BCUT2D eigenvalue weighted by Gasteiger charge is 2.35. The number of nitrogens with zero attached hydrogens (tertiary/aromatic N) is 1. The number of aliphatic imine (C=N–C) groups is 1. The summed E-state index contributed by atoms with van der Waals surface area (Å²) in [7, 11) is 0. The Bertz CT molecular complexity index is 946. The molecule has 146 valence electrons. The fraction of sp³-hybridized carbons (Fsp3) is 0.167. The predicted molar refractivity (Wildman–Crippen MR) is 97.7 cm³/mol. The number of para-hydroxylation sites is 2. The van der Waals surface area contributed by atoms with Crippen molar-refractivity contribution >= 4 is 40.1 Å². The average Bonchev–Trinajstić information content (AvgIpc) is 2.95. The van der Waals surface area contributed by atoms with Crippen LogP contribution >= 0.6 is 11.8 Å². The van der Waals surface area contributed by atoms with Gasteiger partial charge in [0.2, 0.25) is 11.8 Å². The van der Waals surface area contributed by atoms with Gasteiger partial charge in [-0.25, -0.2) is 9.38 Å². The number of hydrogen-bond donors (Lipinski definition) is 2. The van der Waals surface area contributed by atoms with Gasteiger partial charge in [0.25, 0.3) is 0 Å². The number of halogens is 4. The van der Waals surface area contributed by atoms with Gasteiger partial charge in [0.1, 0.15) is 11.1 Å². The summed E-state index contributed by atoms with van der Waals surface area (Å²) < 4.78 is 52.7. The molecule has 2 aromatic carbocycles. The van der Waals surface area contributed by atoms with Crippen LogP contribution in [0.2, 0.25) is 0 Å². The molecule has 1 saturated heterocycles. The summed E-state index contributed by atoms with van der Waals surface area (Å²) in [6, 6.07) is 10.3. The Kier molecular flexibility index (Phi) is 5.68. The van der Waals surface area contributed by atoms with E-state index >= 15 is 0 Å². The summed E-state index contributed by atoms with van der Waals surface area (Å²) in [5, 5.41) is 3.80. The highest BCUT2D eigenvalue weighted by molar-refractivity contribution is 8.15. The maximum Gasteiger partial charge on any atom is 0.418 e. The molecule has 1 aliphatic rings. The van der Waals surface area contributed by atoms with E-state index in [0.29, 0.717) is 0 Å². The van der Waals surface area contributed by atoms with E-state index in [9.17, 15) is 27.2 Å². The molecule has 28 heavy (non-hydrogen) atoms. The van der Waals surface area contributed by atoms with Crippen molar-refractivity contribution in [2.45, 2.75) is 17.8 Å². The molecule has 3 rings (SSSR count). The first-order valence-electron chi connectivity index (χ1n) is 8.01. The van der Waals surface area contributed by atoms with Crippen LogP contribution in [0, 0.1) is 5.82 Å². The number of hydrogen-bond acceptors (Lipinski definition) is 4. The molecule has 0 aromatic heterocycles. The molecule has 1 heterocycles. The van der Waals surface area contributed by atoms with Crippen molar-refractivity contribution in [3.63, 3.8) is 0 Å². The van der Waals surface area contributed by atoms with Gasteiger partial charge in [-0.05, 0) is 24.3 Å². The molecule has 1 atom stereocenters. The van der Waals surface area contributed by atoms with Gasteiger partial charge in [-0.3, -0.25) is 9.59 Å². The minimum Gasteiger partial charge on any atom is -0.324 e. The van der Waals surface area contributed by atoms with E-state index in [4.69, 9.17) is 0 Å². The van der Waals surface area contributed by atoms with E-state index < -0.39 is 34.6 Å². The molecule has 0 radical (unpaired) electrons. The summed E-state index contributed by atoms with van der Waals surface area (Å²) in [4.78, 5) is 27.9. The van der Waals surface area contributed by atoms with Crippen LogP contribution in [0.3, 0.4) is 0 Å². The molecule has 0 bridgehead atoms. The lowest BCUT2D eigenvalue weighted by molar-refractivity contribution is -0.137. The number of rotatable bonds is 4. The van der Waals surface area contributed by atoms with Crippen LogP contribution in [0.5, 0.6) is 0 Å². The Morgan fingerprint density at radius 3 is 2.54 bits per heavy atom. The molecule has 2 aromatic rings. The third kappa shape index (κ3) is 4.69. The zero-order valence-electron chi connectivity index (χ0n) is 14.1. The zero-order chi connectivity index (χ0) is 20.3. The van der Waals surface area contributed by atoms with E-state index in [1.807, 2.05) is 0 Å². The summed E-state index contributed by atoms with van der Waals surface area (Å²) in [5.74, 6) is -1.78. The molecule has 1 aliphatic heterocycles. The first-order valence-corrected chi connectivity index (χ1v) is 8.89. The Morgan fingerprint density at radius 2 is 1.82 bits per heavy atom. The standard InChI is InChI=1S/C18H13F4N3O2S/c19-11-6-2-4-8-13(11)23-15(26)9-14-16(27)25-17(28-14)24-12-7-3-1-5-10(12)18(20,21)22/h1-8,14H,9H2,(H,23,26)(H,24,25,27)/t14-/m0/s1. The van der Waals surface area contributed by atoms with Crippen molar-refractivity contribution in [3.05, 3.63) is 59.9 Å². The molecule has 0 aliphatic carbocycles. The lowest BCUT2D eigenvalue weighted by Crippen LogP contribution is -2.28. The number of amides is 2. The van der Waals surface area contributed by atoms with Gasteiger partial charge in [-0.2, -0.15) is 13.2 Å². The number of carbonyl (C=O) groups is 2. The SMILES string of the molecule is O=C(C[C@@H]1SC(=Nc2ccccc2C(F)(F)F)NC1=O)Nc1ccccc1F. The molecule has 5 nitrogen and oxygen atoms in total.